The number of anilines is 1. The monoisotopic (exact) mass is 398 g/mol. The van der Waals surface area contributed by atoms with E-state index in [0.717, 1.165) is 17.4 Å². The third kappa shape index (κ3) is 4.28. The first-order valence-corrected chi connectivity index (χ1v) is 11.1. The smallest absolute Gasteiger partial charge is 0.270 e. The Balaban J connectivity index is 1.51. The van der Waals surface area contributed by atoms with Crippen LogP contribution in [-0.2, 0) is 4.74 Å². The number of likely N-dealkylation sites (tertiary alicyclic amines) is 1. The van der Waals surface area contributed by atoms with E-state index in [1.807, 2.05) is 11.0 Å². The molecular formula is C23H34N4O2. The molecule has 6 nitrogen and oxygen atoms in total. The Kier molecular flexibility index (Phi) is 6.11. The molecule has 0 radical (unpaired) electrons. The number of fused-ring (bicyclic) bond motifs is 1. The minimum Gasteiger partial charge on any atom is -0.378 e. The van der Waals surface area contributed by atoms with E-state index in [1.165, 1.54) is 31.6 Å². The maximum absolute atomic E-state index is 12.8. The summed E-state index contributed by atoms with van der Waals surface area (Å²) in [5.74, 6) is 0.0689. The Morgan fingerprint density at radius 1 is 1.17 bits per heavy atom. The molecule has 0 bridgehead atoms. The minimum absolute atomic E-state index is 0.0689. The van der Waals surface area contributed by atoms with Gasteiger partial charge in [-0.25, -0.2) is 0 Å². The molecule has 2 aliphatic rings. The molecule has 0 atom stereocenters. The molecule has 2 saturated heterocycles. The van der Waals surface area contributed by atoms with E-state index in [-0.39, 0.29) is 5.91 Å². The lowest BCUT2D eigenvalue weighted by atomic mass is 10.0. The predicted molar refractivity (Wildman–Crippen MR) is 118 cm³/mol. The fraction of sp³-hybridized carbons (Fsp3) is 0.609. The van der Waals surface area contributed by atoms with Crippen molar-refractivity contribution < 1.29 is 9.53 Å². The van der Waals surface area contributed by atoms with Crippen molar-refractivity contribution >= 4 is 22.5 Å². The summed E-state index contributed by atoms with van der Waals surface area (Å²) >= 11 is 0. The highest BCUT2D eigenvalue weighted by atomic mass is 16.5. The maximum Gasteiger partial charge on any atom is 0.270 e. The molecular weight excluding hydrogens is 364 g/mol. The van der Waals surface area contributed by atoms with Crippen molar-refractivity contribution in [3.8, 4) is 0 Å². The van der Waals surface area contributed by atoms with Crippen LogP contribution in [0.25, 0.3) is 10.9 Å². The summed E-state index contributed by atoms with van der Waals surface area (Å²) < 4.78 is 5.36. The summed E-state index contributed by atoms with van der Waals surface area (Å²) in [6, 6.07) is 9.77. The number of piperidine rings is 1. The molecule has 3 heterocycles. The second kappa shape index (κ2) is 8.76. The van der Waals surface area contributed by atoms with Crippen LogP contribution in [-0.4, -0.2) is 78.7 Å². The Morgan fingerprint density at radius 2 is 1.90 bits per heavy atom. The van der Waals surface area contributed by atoms with Crippen molar-refractivity contribution in [1.82, 2.24) is 14.8 Å². The number of H-pyrrole nitrogens is 1. The Labute approximate surface area is 173 Å². The van der Waals surface area contributed by atoms with Gasteiger partial charge in [0.15, 0.2) is 0 Å². The van der Waals surface area contributed by atoms with Crippen molar-refractivity contribution in [2.24, 2.45) is 0 Å². The first kappa shape index (κ1) is 20.2. The minimum atomic E-state index is 0.0689. The number of rotatable bonds is 5. The van der Waals surface area contributed by atoms with Crippen LogP contribution < -0.4 is 4.90 Å². The molecule has 1 amide bonds. The van der Waals surface area contributed by atoms with E-state index in [1.54, 1.807) is 0 Å². The summed E-state index contributed by atoms with van der Waals surface area (Å²) in [6.45, 7) is 12.7. The molecule has 158 valence electrons. The number of amides is 1. The van der Waals surface area contributed by atoms with E-state index >= 15 is 0 Å². The number of hydrogen-bond donors (Lipinski definition) is 1. The first-order chi connectivity index (χ1) is 14.1. The second-order valence-corrected chi connectivity index (χ2v) is 8.51. The van der Waals surface area contributed by atoms with Crippen LogP contribution in [0.2, 0.25) is 0 Å². The molecule has 0 aliphatic carbocycles. The van der Waals surface area contributed by atoms with Crippen LogP contribution >= 0.6 is 0 Å². The van der Waals surface area contributed by atoms with E-state index < -0.39 is 0 Å². The van der Waals surface area contributed by atoms with Gasteiger partial charge < -0.3 is 24.4 Å². The van der Waals surface area contributed by atoms with Crippen molar-refractivity contribution in [1.29, 1.82) is 0 Å². The van der Waals surface area contributed by atoms with E-state index in [0.29, 0.717) is 44.1 Å². The summed E-state index contributed by atoms with van der Waals surface area (Å²) in [5.41, 5.74) is 2.95. The number of hydrogen-bond acceptors (Lipinski definition) is 4. The zero-order chi connectivity index (χ0) is 20.4. The zero-order valence-corrected chi connectivity index (χ0v) is 18.0. The van der Waals surface area contributed by atoms with E-state index in [2.05, 4.69) is 53.8 Å². The van der Waals surface area contributed by atoms with Crippen molar-refractivity contribution in [2.75, 3.05) is 50.8 Å². The number of nitrogens with one attached hydrogen (secondary N) is 1. The quantitative estimate of drug-likeness (QED) is 0.839. The Hall–Kier alpha value is -2.05. The normalized spacial score (nSPS) is 19.2. The molecule has 4 rings (SSSR count). The molecule has 2 aromatic rings. The number of morpholine rings is 1. The van der Waals surface area contributed by atoms with Gasteiger partial charge in [0.25, 0.3) is 5.91 Å². The number of ether oxygens (including phenoxy) is 1. The molecule has 0 saturated carbocycles. The van der Waals surface area contributed by atoms with Crippen molar-refractivity contribution in [3.63, 3.8) is 0 Å². The van der Waals surface area contributed by atoms with Gasteiger partial charge in [0, 0.05) is 61.4 Å². The Morgan fingerprint density at radius 3 is 2.55 bits per heavy atom. The Bertz CT molecular complexity index is 833. The van der Waals surface area contributed by atoms with Crippen LogP contribution in [0.5, 0.6) is 0 Å². The molecule has 1 N–H and O–H groups in total. The predicted octanol–water partition coefficient (Wildman–Crippen LogP) is 3.34. The zero-order valence-electron chi connectivity index (χ0n) is 18.0. The third-order valence-corrected chi connectivity index (χ3v) is 6.48. The average Bonchev–Trinajstić information content (AvgIpc) is 3.18. The lowest BCUT2D eigenvalue weighted by molar-refractivity contribution is 0.0299. The van der Waals surface area contributed by atoms with Gasteiger partial charge in [-0.3, -0.25) is 4.79 Å². The van der Waals surface area contributed by atoms with Gasteiger partial charge in [-0.15, -0.1) is 0 Å². The largest absolute Gasteiger partial charge is 0.378 e. The fourth-order valence-corrected chi connectivity index (χ4v) is 4.72. The van der Waals surface area contributed by atoms with Gasteiger partial charge in [-0.05, 0) is 57.9 Å². The number of benzene rings is 1. The highest BCUT2D eigenvalue weighted by Crippen LogP contribution is 2.28. The summed E-state index contributed by atoms with van der Waals surface area (Å²) in [7, 11) is 0. The van der Waals surface area contributed by atoms with Crippen LogP contribution in [0.4, 0.5) is 5.69 Å². The van der Waals surface area contributed by atoms with Gasteiger partial charge in [0.1, 0.15) is 5.69 Å². The standard InChI is InChI=1S/C23H34N4O2/c1-4-27(19-7-9-25(10-8-19)17(2)3)20-5-6-21-18(15-20)16-22(24-21)23(28)26-11-13-29-14-12-26/h5-6,15-17,19,24H,4,7-14H2,1-3H3. The maximum atomic E-state index is 12.8. The van der Waals surface area contributed by atoms with Gasteiger partial charge >= 0.3 is 0 Å². The van der Waals surface area contributed by atoms with Crippen molar-refractivity contribution in [2.45, 2.75) is 45.7 Å². The lowest BCUT2D eigenvalue weighted by Crippen LogP contribution is -2.47. The molecule has 2 aliphatic heterocycles. The fourth-order valence-electron chi connectivity index (χ4n) is 4.72. The molecule has 1 aromatic heterocycles. The number of carbonyl (C=O) groups excluding carboxylic acids is 1. The molecule has 1 aromatic carbocycles. The SMILES string of the molecule is CCN(c1ccc2[nH]c(C(=O)N3CCOCC3)cc2c1)C1CCN(C(C)C)CC1. The average molecular weight is 399 g/mol. The van der Waals surface area contributed by atoms with Crippen LogP contribution in [0.15, 0.2) is 24.3 Å². The van der Waals surface area contributed by atoms with Crippen LogP contribution in [0.1, 0.15) is 44.1 Å². The number of aromatic amines is 1. The van der Waals surface area contributed by atoms with E-state index in [4.69, 9.17) is 4.74 Å². The van der Waals surface area contributed by atoms with E-state index in [9.17, 15) is 4.79 Å². The van der Waals surface area contributed by atoms with Gasteiger partial charge in [0.05, 0.1) is 13.2 Å². The lowest BCUT2D eigenvalue weighted by Gasteiger charge is -2.40. The van der Waals surface area contributed by atoms with Gasteiger partial charge in [-0.1, -0.05) is 0 Å². The van der Waals surface area contributed by atoms with Crippen molar-refractivity contribution in [3.05, 3.63) is 30.0 Å². The highest BCUT2D eigenvalue weighted by molar-refractivity contribution is 5.98. The topological polar surface area (TPSA) is 51.8 Å². The molecule has 29 heavy (non-hydrogen) atoms. The van der Waals surface area contributed by atoms with Crippen LogP contribution in [0.3, 0.4) is 0 Å². The molecule has 2 fully saturated rings. The first-order valence-electron chi connectivity index (χ1n) is 11.1. The number of carbonyl (C=O) groups is 1. The number of nitrogens with zero attached hydrogens (tertiary/aromatic N) is 3. The summed E-state index contributed by atoms with van der Waals surface area (Å²) in [5, 5.41) is 1.11. The van der Waals surface area contributed by atoms with Gasteiger partial charge in [-0.2, -0.15) is 0 Å². The molecule has 0 spiro atoms. The highest BCUT2D eigenvalue weighted by Gasteiger charge is 2.26. The second-order valence-electron chi connectivity index (χ2n) is 8.51. The molecule has 0 unspecified atom stereocenters. The number of aromatic nitrogens is 1. The van der Waals surface area contributed by atoms with Crippen LogP contribution in [0, 0.1) is 0 Å². The van der Waals surface area contributed by atoms with Gasteiger partial charge in [0.2, 0.25) is 0 Å². The summed E-state index contributed by atoms with van der Waals surface area (Å²) in [4.78, 5) is 23.1. The summed E-state index contributed by atoms with van der Waals surface area (Å²) in [6.07, 6.45) is 2.41. The molecule has 6 heteroatoms. The third-order valence-electron chi connectivity index (χ3n) is 6.48.